The number of fused-ring (bicyclic) bond motifs is 1. The Morgan fingerprint density at radius 2 is 1.94 bits per heavy atom. The van der Waals surface area contributed by atoms with E-state index in [2.05, 4.69) is 15.3 Å². The number of benzene rings is 1. The van der Waals surface area contributed by atoms with E-state index in [0.29, 0.717) is 28.2 Å². The van der Waals surface area contributed by atoms with Crippen LogP contribution in [0.15, 0.2) is 41.5 Å². The van der Waals surface area contributed by atoms with E-state index in [1.807, 2.05) is 27.0 Å². The zero-order chi connectivity index (χ0) is 23.2. The zero-order valence-electron chi connectivity index (χ0n) is 17.9. The van der Waals surface area contributed by atoms with Crippen molar-refractivity contribution in [2.24, 2.45) is 14.1 Å². The van der Waals surface area contributed by atoms with Crippen molar-refractivity contribution in [2.75, 3.05) is 5.32 Å². The van der Waals surface area contributed by atoms with Crippen LogP contribution in [0.3, 0.4) is 0 Å². The molecule has 3 heterocycles. The van der Waals surface area contributed by atoms with E-state index in [-0.39, 0.29) is 22.4 Å². The van der Waals surface area contributed by atoms with E-state index in [4.69, 9.17) is 16.6 Å². The summed E-state index contributed by atoms with van der Waals surface area (Å²) in [4.78, 5) is 37.8. The monoisotopic (exact) mass is 452 g/mol. The molecule has 4 aromatic rings. The van der Waals surface area contributed by atoms with Gasteiger partial charge in [-0.2, -0.15) is 0 Å². The predicted molar refractivity (Wildman–Crippen MR) is 122 cm³/mol. The van der Waals surface area contributed by atoms with Crippen molar-refractivity contribution in [2.45, 2.75) is 19.9 Å². The molecule has 0 bridgehead atoms. The van der Waals surface area contributed by atoms with E-state index in [1.54, 1.807) is 36.1 Å². The first-order valence-electron chi connectivity index (χ1n) is 9.82. The van der Waals surface area contributed by atoms with E-state index >= 15 is 0 Å². The maximum Gasteiger partial charge on any atom is 0.356 e. The summed E-state index contributed by atoms with van der Waals surface area (Å²) < 4.78 is 3.28. The molecule has 2 N–H and O–H groups in total. The second-order valence-corrected chi connectivity index (χ2v) is 8.00. The number of halogens is 1. The van der Waals surface area contributed by atoms with Crippen LogP contribution in [0, 0.1) is 6.92 Å². The molecule has 0 saturated carbocycles. The highest BCUT2D eigenvalue weighted by Crippen LogP contribution is 2.29. The maximum atomic E-state index is 13.2. The smallest absolute Gasteiger partial charge is 0.356 e. The molecule has 9 nitrogen and oxygen atoms in total. The van der Waals surface area contributed by atoms with Gasteiger partial charge in [0.2, 0.25) is 0 Å². The van der Waals surface area contributed by atoms with Gasteiger partial charge in [-0.15, -0.1) is 0 Å². The van der Waals surface area contributed by atoms with E-state index in [9.17, 15) is 14.7 Å². The molecule has 0 spiro atoms. The Bertz CT molecular complexity index is 1430. The van der Waals surface area contributed by atoms with Gasteiger partial charge in [0.05, 0.1) is 22.6 Å². The van der Waals surface area contributed by atoms with Gasteiger partial charge in [-0.05, 0) is 37.6 Å². The van der Waals surface area contributed by atoms with Crippen LogP contribution in [0.2, 0.25) is 5.15 Å². The first-order valence-corrected chi connectivity index (χ1v) is 10.2. The molecule has 0 aliphatic rings. The van der Waals surface area contributed by atoms with Crippen LogP contribution >= 0.6 is 11.6 Å². The zero-order valence-corrected chi connectivity index (χ0v) is 18.7. The minimum Gasteiger partial charge on any atom is -0.476 e. The highest BCUT2D eigenvalue weighted by molar-refractivity contribution is 6.29. The molecular formula is C22H21ClN6O3. The third-order valence-electron chi connectivity index (χ3n) is 5.28. The van der Waals surface area contributed by atoms with Gasteiger partial charge in [-0.3, -0.25) is 9.36 Å². The van der Waals surface area contributed by atoms with Crippen LogP contribution in [0.25, 0.3) is 22.6 Å². The normalized spacial score (nSPS) is 12.2. The third-order valence-corrected chi connectivity index (χ3v) is 5.49. The number of anilines is 1. The number of aryl methyl sites for hydroxylation is 2. The molecule has 164 valence electrons. The lowest BCUT2D eigenvalue weighted by molar-refractivity contribution is 0.0691. The van der Waals surface area contributed by atoms with Crippen molar-refractivity contribution in [1.82, 2.24) is 24.1 Å². The molecule has 10 heteroatoms. The Morgan fingerprint density at radius 3 is 2.59 bits per heavy atom. The van der Waals surface area contributed by atoms with Gasteiger partial charge in [-0.25, -0.2) is 19.7 Å². The van der Waals surface area contributed by atoms with E-state index in [0.717, 1.165) is 11.1 Å². The maximum absolute atomic E-state index is 13.2. The standard InChI is InChI=1S/C22H21ClN6O3/c1-11-9-13(12(2)25-15-5-6-16(23)26-18(15)22(31)32)17-14(10-11)21(30)29(4)20(27-17)19-24-7-8-28(19)3/h5-10,12,25H,1-4H3,(H,31,32)/t12-/m1/s1. The first kappa shape index (κ1) is 21.5. The average molecular weight is 453 g/mol. The highest BCUT2D eigenvalue weighted by atomic mass is 35.5. The number of nitrogens with zero attached hydrogens (tertiary/aromatic N) is 5. The fourth-order valence-electron chi connectivity index (χ4n) is 3.69. The largest absolute Gasteiger partial charge is 0.476 e. The Morgan fingerprint density at radius 1 is 1.19 bits per heavy atom. The molecular weight excluding hydrogens is 432 g/mol. The van der Waals surface area contributed by atoms with E-state index in [1.165, 1.54) is 10.6 Å². The van der Waals surface area contributed by atoms with Crippen LogP contribution < -0.4 is 10.9 Å². The summed E-state index contributed by atoms with van der Waals surface area (Å²) in [5, 5.41) is 13.2. The first-order chi connectivity index (χ1) is 15.2. The van der Waals surface area contributed by atoms with Crippen LogP contribution in [0.1, 0.15) is 34.6 Å². The fourth-order valence-corrected chi connectivity index (χ4v) is 3.84. The quantitative estimate of drug-likeness (QED) is 0.445. The minimum atomic E-state index is -1.19. The molecule has 1 atom stereocenters. The molecule has 32 heavy (non-hydrogen) atoms. The molecule has 0 aliphatic carbocycles. The number of carboxylic acids is 1. The van der Waals surface area contributed by atoms with Crippen molar-refractivity contribution in [3.63, 3.8) is 0 Å². The van der Waals surface area contributed by atoms with Crippen molar-refractivity contribution < 1.29 is 9.90 Å². The molecule has 0 radical (unpaired) electrons. The molecule has 0 aliphatic heterocycles. The SMILES string of the molecule is Cc1cc([C@@H](C)Nc2ccc(Cl)nc2C(=O)O)c2nc(-c3nccn3C)n(C)c(=O)c2c1. The summed E-state index contributed by atoms with van der Waals surface area (Å²) in [7, 11) is 3.50. The number of hydrogen-bond acceptors (Lipinski definition) is 6. The topological polar surface area (TPSA) is 115 Å². The number of rotatable bonds is 5. The Labute approximate surface area is 188 Å². The number of carbonyl (C=O) groups is 1. The van der Waals surface area contributed by atoms with Crippen molar-refractivity contribution >= 4 is 34.2 Å². The summed E-state index contributed by atoms with van der Waals surface area (Å²) >= 11 is 5.87. The van der Waals surface area contributed by atoms with Gasteiger partial charge >= 0.3 is 5.97 Å². The number of pyridine rings is 1. The van der Waals surface area contributed by atoms with Crippen LogP contribution in [-0.4, -0.2) is 35.2 Å². The molecule has 0 saturated heterocycles. The number of hydrogen-bond donors (Lipinski definition) is 2. The summed E-state index contributed by atoms with van der Waals surface area (Å²) in [6.45, 7) is 3.77. The summed E-state index contributed by atoms with van der Waals surface area (Å²) in [6, 6.07) is 6.44. The highest BCUT2D eigenvalue weighted by Gasteiger charge is 2.21. The molecule has 3 aromatic heterocycles. The molecule has 1 aromatic carbocycles. The second kappa shape index (κ2) is 8.08. The molecule has 0 amide bonds. The molecule has 4 rings (SSSR count). The minimum absolute atomic E-state index is 0.0893. The predicted octanol–water partition coefficient (Wildman–Crippen LogP) is 3.56. The lowest BCUT2D eigenvalue weighted by Gasteiger charge is -2.20. The number of aromatic nitrogens is 5. The van der Waals surface area contributed by atoms with Crippen molar-refractivity contribution in [1.29, 1.82) is 0 Å². The number of nitrogens with one attached hydrogen (secondary N) is 1. The van der Waals surface area contributed by atoms with Crippen molar-refractivity contribution in [3.8, 4) is 11.6 Å². The Kier molecular flexibility index (Phi) is 5.43. The van der Waals surface area contributed by atoms with Gasteiger partial charge in [0, 0.05) is 32.1 Å². The lowest BCUT2D eigenvalue weighted by Crippen LogP contribution is -2.23. The van der Waals surface area contributed by atoms with Crippen LogP contribution in [0.4, 0.5) is 5.69 Å². The van der Waals surface area contributed by atoms with Crippen molar-refractivity contribution in [3.05, 3.63) is 69.0 Å². The van der Waals surface area contributed by atoms with Gasteiger partial charge < -0.3 is 15.0 Å². The number of carboxylic acid groups (broad SMARTS) is 1. The average Bonchev–Trinajstić information content (AvgIpc) is 3.17. The third kappa shape index (κ3) is 3.71. The van der Waals surface area contributed by atoms with Crippen LogP contribution in [-0.2, 0) is 14.1 Å². The number of aromatic carboxylic acids is 1. The van der Waals surface area contributed by atoms with Gasteiger partial charge in [0.1, 0.15) is 5.15 Å². The molecule has 0 fully saturated rings. The fraction of sp³-hybridized carbons (Fsp3) is 0.227. The van der Waals surface area contributed by atoms with Gasteiger partial charge in [0.15, 0.2) is 17.3 Å². The molecule has 0 unspecified atom stereocenters. The summed E-state index contributed by atoms with van der Waals surface area (Å²) in [6.07, 6.45) is 3.43. The van der Waals surface area contributed by atoms with Gasteiger partial charge in [0.25, 0.3) is 5.56 Å². The lowest BCUT2D eigenvalue weighted by atomic mass is 10.0. The van der Waals surface area contributed by atoms with Gasteiger partial charge in [-0.1, -0.05) is 17.7 Å². The Balaban J connectivity index is 1.89. The summed E-state index contributed by atoms with van der Waals surface area (Å²) in [5.74, 6) is -0.194. The Hall–Kier alpha value is -3.72. The number of imidazole rings is 1. The van der Waals surface area contributed by atoms with Crippen LogP contribution in [0.5, 0.6) is 0 Å². The second-order valence-electron chi connectivity index (χ2n) is 7.61. The summed E-state index contributed by atoms with van der Waals surface area (Å²) in [5.41, 5.74) is 2.10. The van der Waals surface area contributed by atoms with E-state index < -0.39 is 5.97 Å².